The van der Waals surface area contributed by atoms with Crippen LogP contribution in [0.5, 0.6) is 0 Å². The van der Waals surface area contributed by atoms with Crippen molar-refractivity contribution in [2.45, 2.75) is 25.7 Å². The molecule has 2 saturated heterocycles. The number of anilines is 3. The number of carbonyl (C=O) groups is 2. The summed E-state index contributed by atoms with van der Waals surface area (Å²) in [5, 5.41) is 3.47. The first-order valence-electron chi connectivity index (χ1n) is 9.82. The normalized spacial score (nSPS) is 19.8. The Labute approximate surface area is 170 Å². The second-order valence-corrected chi connectivity index (χ2v) is 7.85. The number of halogens is 1. The zero-order valence-corrected chi connectivity index (χ0v) is 16.5. The summed E-state index contributed by atoms with van der Waals surface area (Å²) in [6, 6.07) is 15.2. The lowest BCUT2D eigenvalue weighted by molar-refractivity contribution is -0.122. The molecule has 0 spiro atoms. The highest BCUT2D eigenvalue weighted by molar-refractivity contribution is 6.33. The van der Waals surface area contributed by atoms with Crippen molar-refractivity contribution in [3.8, 4) is 0 Å². The van der Waals surface area contributed by atoms with Crippen molar-refractivity contribution < 1.29 is 9.59 Å². The third-order valence-corrected chi connectivity index (χ3v) is 5.81. The Balaban J connectivity index is 1.39. The molecule has 0 bridgehead atoms. The molecule has 1 unspecified atom stereocenters. The van der Waals surface area contributed by atoms with E-state index in [2.05, 4.69) is 22.3 Å². The summed E-state index contributed by atoms with van der Waals surface area (Å²) in [7, 11) is 0. The molecule has 2 aromatic carbocycles. The van der Waals surface area contributed by atoms with E-state index in [0.717, 1.165) is 18.8 Å². The Bertz CT molecular complexity index is 862. The molecule has 0 radical (unpaired) electrons. The molecule has 0 aliphatic carbocycles. The number of hydrogen-bond donors (Lipinski definition) is 1. The maximum Gasteiger partial charge on any atom is 0.229 e. The summed E-state index contributed by atoms with van der Waals surface area (Å²) >= 11 is 6.21. The molecule has 2 fully saturated rings. The van der Waals surface area contributed by atoms with Gasteiger partial charge in [-0.15, -0.1) is 0 Å². The Kier molecular flexibility index (Phi) is 5.53. The molecule has 1 N–H and O–H groups in total. The first-order chi connectivity index (χ1) is 13.6. The summed E-state index contributed by atoms with van der Waals surface area (Å²) in [5.74, 6) is -0.590. The zero-order valence-electron chi connectivity index (χ0n) is 15.7. The molecule has 5 nitrogen and oxygen atoms in total. The Hall–Kier alpha value is -2.53. The minimum Gasteiger partial charge on any atom is -0.372 e. The molecule has 0 saturated carbocycles. The highest BCUT2D eigenvalue weighted by Gasteiger charge is 2.35. The number of benzene rings is 2. The number of amides is 2. The minimum absolute atomic E-state index is 0.0753. The van der Waals surface area contributed by atoms with Gasteiger partial charge in [-0.2, -0.15) is 0 Å². The van der Waals surface area contributed by atoms with Gasteiger partial charge in [0.2, 0.25) is 11.8 Å². The SMILES string of the molecule is O=C(Nc1ccc(N2CCCCC2)cc1)C1CC(=O)N(c2ccccc2Cl)C1. The maximum atomic E-state index is 12.7. The molecule has 2 heterocycles. The second kappa shape index (κ2) is 8.23. The van der Waals surface area contributed by atoms with Gasteiger partial charge in [-0.25, -0.2) is 0 Å². The van der Waals surface area contributed by atoms with Gasteiger partial charge in [0.15, 0.2) is 0 Å². The van der Waals surface area contributed by atoms with Crippen LogP contribution in [0.1, 0.15) is 25.7 Å². The van der Waals surface area contributed by atoms with Crippen LogP contribution < -0.4 is 15.1 Å². The molecule has 6 heteroatoms. The van der Waals surface area contributed by atoms with Crippen LogP contribution in [0.2, 0.25) is 5.02 Å². The van der Waals surface area contributed by atoms with Crippen molar-refractivity contribution in [1.82, 2.24) is 0 Å². The Morgan fingerprint density at radius 2 is 1.71 bits per heavy atom. The van der Waals surface area contributed by atoms with Crippen LogP contribution in [-0.2, 0) is 9.59 Å². The molecule has 2 amide bonds. The second-order valence-electron chi connectivity index (χ2n) is 7.44. The summed E-state index contributed by atoms with van der Waals surface area (Å²) in [6.07, 6.45) is 3.96. The van der Waals surface area contributed by atoms with E-state index >= 15 is 0 Å². The molecular formula is C22H24ClN3O2. The third kappa shape index (κ3) is 3.99. The van der Waals surface area contributed by atoms with E-state index < -0.39 is 0 Å². The highest BCUT2D eigenvalue weighted by Crippen LogP contribution is 2.31. The molecule has 2 aliphatic rings. The van der Waals surface area contributed by atoms with Crippen molar-refractivity contribution in [3.63, 3.8) is 0 Å². The predicted octanol–water partition coefficient (Wildman–Crippen LogP) is 4.32. The summed E-state index contributed by atoms with van der Waals surface area (Å²) in [5.41, 5.74) is 2.61. The molecule has 1 atom stereocenters. The summed E-state index contributed by atoms with van der Waals surface area (Å²) in [4.78, 5) is 29.1. The number of carbonyl (C=O) groups excluding carboxylic acids is 2. The third-order valence-electron chi connectivity index (χ3n) is 5.50. The van der Waals surface area contributed by atoms with Crippen LogP contribution in [-0.4, -0.2) is 31.4 Å². The van der Waals surface area contributed by atoms with Gasteiger partial charge in [0.1, 0.15) is 0 Å². The lowest BCUT2D eigenvalue weighted by Gasteiger charge is -2.28. The maximum absolute atomic E-state index is 12.7. The number of hydrogen-bond acceptors (Lipinski definition) is 3. The van der Waals surface area contributed by atoms with Gasteiger partial charge in [-0.3, -0.25) is 9.59 Å². The Morgan fingerprint density at radius 1 is 1.00 bits per heavy atom. The molecule has 28 heavy (non-hydrogen) atoms. The van der Waals surface area contributed by atoms with Crippen molar-refractivity contribution in [2.24, 2.45) is 5.92 Å². The average Bonchev–Trinajstić information content (AvgIpc) is 3.11. The topological polar surface area (TPSA) is 52.7 Å². The van der Waals surface area contributed by atoms with E-state index in [1.54, 1.807) is 17.0 Å². The molecular weight excluding hydrogens is 374 g/mol. The fraction of sp³-hybridized carbons (Fsp3) is 0.364. The van der Waals surface area contributed by atoms with Gasteiger partial charge in [0.05, 0.1) is 16.6 Å². The molecule has 2 aromatic rings. The number of para-hydroxylation sites is 1. The van der Waals surface area contributed by atoms with Crippen molar-refractivity contribution in [2.75, 3.05) is 34.8 Å². The molecule has 0 aromatic heterocycles. The number of nitrogens with zero attached hydrogens (tertiary/aromatic N) is 2. The van der Waals surface area contributed by atoms with E-state index in [1.807, 2.05) is 24.3 Å². The van der Waals surface area contributed by atoms with Gasteiger partial charge in [-0.05, 0) is 55.7 Å². The first-order valence-corrected chi connectivity index (χ1v) is 10.2. The van der Waals surface area contributed by atoms with Gasteiger partial charge in [-0.1, -0.05) is 23.7 Å². The fourth-order valence-electron chi connectivity index (χ4n) is 3.94. The Morgan fingerprint density at radius 3 is 2.43 bits per heavy atom. The van der Waals surface area contributed by atoms with Crippen molar-refractivity contribution in [1.29, 1.82) is 0 Å². The van der Waals surface area contributed by atoms with Crippen LogP contribution in [0.15, 0.2) is 48.5 Å². The monoisotopic (exact) mass is 397 g/mol. The van der Waals surface area contributed by atoms with Crippen LogP contribution >= 0.6 is 11.6 Å². The fourth-order valence-corrected chi connectivity index (χ4v) is 4.18. The highest BCUT2D eigenvalue weighted by atomic mass is 35.5. The largest absolute Gasteiger partial charge is 0.372 e. The average molecular weight is 398 g/mol. The lowest BCUT2D eigenvalue weighted by atomic mass is 10.1. The summed E-state index contributed by atoms with van der Waals surface area (Å²) < 4.78 is 0. The molecule has 2 aliphatic heterocycles. The molecule has 146 valence electrons. The van der Waals surface area contributed by atoms with Crippen LogP contribution in [0.3, 0.4) is 0 Å². The zero-order chi connectivity index (χ0) is 19.5. The summed E-state index contributed by atoms with van der Waals surface area (Å²) in [6.45, 7) is 2.53. The van der Waals surface area contributed by atoms with Crippen LogP contribution in [0, 0.1) is 5.92 Å². The number of nitrogens with one attached hydrogen (secondary N) is 1. The van der Waals surface area contributed by atoms with Gasteiger partial charge in [0, 0.05) is 37.4 Å². The van der Waals surface area contributed by atoms with Crippen molar-refractivity contribution >= 4 is 40.5 Å². The van der Waals surface area contributed by atoms with E-state index in [4.69, 9.17) is 11.6 Å². The van der Waals surface area contributed by atoms with Crippen LogP contribution in [0.4, 0.5) is 17.1 Å². The lowest BCUT2D eigenvalue weighted by Crippen LogP contribution is -2.29. The first kappa shape index (κ1) is 18.8. The smallest absolute Gasteiger partial charge is 0.229 e. The minimum atomic E-state index is -0.384. The van der Waals surface area contributed by atoms with Gasteiger partial charge in [0.25, 0.3) is 0 Å². The number of piperidine rings is 1. The van der Waals surface area contributed by atoms with Gasteiger partial charge >= 0.3 is 0 Å². The van der Waals surface area contributed by atoms with E-state index in [9.17, 15) is 9.59 Å². The predicted molar refractivity (Wildman–Crippen MR) is 113 cm³/mol. The van der Waals surface area contributed by atoms with E-state index in [-0.39, 0.29) is 24.2 Å². The molecule has 4 rings (SSSR count). The number of rotatable bonds is 4. The van der Waals surface area contributed by atoms with Crippen molar-refractivity contribution in [3.05, 3.63) is 53.6 Å². The van der Waals surface area contributed by atoms with Gasteiger partial charge < -0.3 is 15.1 Å². The van der Waals surface area contributed by atoms with Crippen LogP contribution in [0.25, 0.3) is 0 Å². The quantitative estimate of drug-likeness (QED) is 0.835. The van der Waals surface area contributed by atoms with E-state index in [1.165, 1.54) is 24.9 Å². The standard InChI is InChI=1S/C22H24ClN3O2/c23-19-6-2-3-7-20(19)26-15-16(14-21(26)27)22(28)24-17-8-10-18(11-9-17)25-12-4-1-5-13-25/h2-3,6-11,16H,1,4-5,12-15H2,(H,24,28). The van der Waals surface area contributed by atoms with E-state index in [0.29, 0.717) is 17.3 Å².